The lowest BCUT2D eigenvalue weighted by Crippen LogP contribution is -2.39. The number of primary amides is 1. The molecule has 1 saturated carbocycles. The van der Waals surface area contributed by atoms with Gasteiger partial charge in [-0.25, -0.2) is 0 Å². The quantitative estimate of drug-likeness (QED) is 0.844. The number of hydrogen-bond donors (Lipinski definition) is 2. The first-order valence-corrected chi connectivity index (χ1v) is 6.47. The molecule has 1 amide bonds. The molecule has 0 spiro atoms. The minimum Gasteiger partial charge on any atom is -0.480 e. The number of nitrogens with zero attached hydrogens (tertiary/aromatic N) is 1. The van der Waals surface area contributed by atoms with E-state index >= 15 is 0 Å². The van der Waals surface area contributed by atoms with E-state index in [-0.39, 0.29) is 12.6 Å². The van der Waals surface area contributed by atoms with E-state index in [1.54, 1.807) is 29.2 Å². The second kappa shape index (κ2) is 5.73. The topological polar surface area (TPSA) is 83.6 Å². The zero-order valence-electron chi connectivity index (χ0n) is 10.7. The van der Waals surface area contributed by atoms with Crippen LogP contribution in [-0.4, -0.2) is 29.6 Å². The fourth-order valence-electron chi connectivity index (χ4n) is 2.71. The molecule has 0 unspecified atom stereocenters. The lowest BCUT2D eigenvalue weighted by Gasteiger charge is -2.30. The first-order valence-electron chi connectivity index (χ1n) is 6.47. The Balaban J connectivity index is 2.36. The standard InChI is InChI=1S/C14H18N2O3/c15-14(19)11-7-3-4-8-12(11)16(9-13(17)18)10-5-1-2-6-10/h3-4,7-8,10H,1-2,5-6,9H2,(H2,15,19)(H,17,18). The monoisotopic (exact) mass is 262 g/mol. The second-order valence-electron chi connectivity index (χ2n) is 4.84. The number of para-hydroxylation sites is 1. The fourth-order valence-corrected chi connectivity index (χ4v) is 2.71. The smallest absolute Gasteiger partial charge is 0.323 e. The van der Waals surface area contributed by atoms with Crippen molar-refractivity contribution in [3.63, 3.8) is 0 Å². The molecule has 0 atom stereocenters. The largest absolute Gasteiger partial charge is 0.480 e. The number of amides is 1. The van der Waals surface area contributed by atoms with Gasteiger partial charge in [0.2, 0.25) is 0 Å². The van der Waals surface area contributed by atoms with Gasteiger partial charge in [-0.15, -0.1) is 0 Å². The van der Waals surface area contributed by atoms with Crippen molar-refractivity contribution in [1.82, 2.24) is 0 Å². The maximum absolute atomic E-state index is 11.5. The van der Waals surface area contributed by atoms with Crippen LogP contribution in [-0.2, 0) is 4.79 Å². The van der Waals surface area contributed by atoms with Crippen molar-refractivity contribution in [3.05, 3.63) is 29.8 Å². The second-order valence-corrected chi connectivity index (χ2v) is 4.84. The van der Waals surface area contributed by atoms with Gasteiger partial charge in [-0.2, -0.15) is 0 Å². The van der Waals surface area contributed by atoms with Gasteiger partial charge in [-0.05, 0) is 25.0 Å². The molecule has 0 bridgehead atoms. The molecule has 102 valence electrons. The average Bonchev–Trinajstić information content (AvgIpc) is 2.89. The SMILES string of the molecule is NC(=O)c1ccccc1N(CC(=O)O)C1CCCC1. The normalized spacial score (nSPS) is 15.4. The highest BCUT2D eigenvalue weighted by Crippen LogP contribution is 2.30. The van der Waals surface area contributed by atoms with Crippen LogP contribution in [0, 0.1) is 0 Å². The van der Waals surface area contributed by atoms with Gasteiger partial charge in [0.25, 0.3) is 5.91 Å². The Morgan fingerprint density at radius 1 is 1.26 bits per heavy atom. The number of rotatable bonds is 5. The van der Waals surface area contributed by atoms with E-state index in [1.807, 2.05) is 0 Å². The van der Waals surface area contributed by atoms with Crippen molar-refractivity contribution in [1.29, 1.82) is 0 Å². The molecule has 0 aliphatic heterocycles. The summed E-state index contributed by atoms with van der Waals surface area (Å²) in [6.45, 7) is -0.102. The predicted molar refractivity (Wildman–Crippen MR) is 72.2 cm³/mol. The molecule has 19 heavy (non-hydrogen) atoms. The number of hydrogen-bond acceptors (Lipinski definition) is 3. The number of carbonyl (C=O) groups is 2. The van der Waals surface area contributed by atoms with Gasteiger partial charge in [0.15, 0.2) is 0 Å². The van der Waals surface area contributed by atoms with Crippen molar-refractivity contribution >= 4 is 17.6 Å². The van der Waals surface area contributed by atoms with Crippen LogP contribution in [0.1, 0.15) is 36.0 Å². The van der Waals surface area contributed by atoms with Crippen molar-refractivity contribution in [2.45, 2.75) is 31.7 Å². The summed E-state index contributed by atoms with van der Waals surface area (Å²) in [7, 11) is 0. The van der Waals surface area contributed by atoms with Crippen LogP contribution in [0.25, 0.3) is 0 Å². The number of carboxylic acids is 1. The first kappa shape index (κ1) is 13.4. The van der Waals surface area contributed by atoms with Crippen LogP contribution in [0.5, 0.6) is 0 Å². The highest BCUT2D eigenvalue weighted by molar-refractivity contribution is 5.99. The molecule has 1 aromatic carbocycles. The summed E-state index contributed by atoms with van der Waals surface area (Å²) >= 11 is 0. The Kier molecular flexibility index (Phi) is 4.04. The van der Waals surface area contributed by atoms with E-state index in [2.05, 4.69) is 0 Å². The molecule has 5 heteroatoms. The zero-order valence-corrected chi connectivity index (χ0v) is 10.7. The van der Waals surface area contributed by atoms with Crippen molar-refractivity contribution in [2.24, 2.45) is 5.73 Å². The highest BCUT2D eigenvalue weighted by Gasteiger charge is 2.26. The molecule has 0 saturated heterocycles. The lowest BCUT2D eigenvalue weighted by atomic mass is 10.1. The number of benzene rings is 1. The molecule has 1 aromatic rings. The third kappa shape index (κ3) is 3.05. The lowest BCUT2D eigenvalue weighted by molar-refractivity contribution is -0.135. The van der Waals surface area contributed by atoms with Gasteiger partial charge in [-0.1, -0.05) is 25.0 Å². The molecule has 0 heterocycles. The summed E-state index contributed by atoms with van der Waals surface area (Å²) in [5.74, 6) is -1.42. The van der Waals surface area contributed by atoms with E-state index in [1.165, 1.54) is 0 Å². The van der Waals surface area contributed by atoms with Crippen LogP contribution in [0.3, 0.4) is 0 Å². The molecule has 3 N–H and O–H groups in total. The molecule has 1 aliphatic rings. The van der Waals surface area contributed by atoms with E-state index in [9.17, 15) is 9.59 Å². The predicted octanol–water partition coefficient (Wildman–Crippen LogP) is 1.62. The maximum Gasteiger partial charge on any atom is 0.323 e. The van der Waals surface area contributed by atoms with Gasteiger partial charge < -0.3 is 15.7 Å². The fraction of sp³-hybridized carbons (Fsp3) is 0.429. The van der Waals surface area contributed by atoms with Crippen LogP contribution in [0.2, 0.25) is 0 Å². The van der Waals surface area contributed by atoms with Gasteiger partial charge in [0.05, 0.1) is 11.3 Å². The van der Waals surface area contributed by atoms with E-state index in [0.717, 1.165) is 25.7 Å². The van der Waals surface area contributed by atoms with E-state index in [0.29, 0.717) is 11.3 Å². The Labute approximate surface area is 112 Å². The highest BCUT2D eigenvalue weighted by atomic mass is 16.4. The molecule has 5 nitrogen and oxygen atoms in total. The molecular formula is C14H18N2O3. The van der Waals surface area contributed by atoms with Crippen molar-refractivity contribution < 1.29 is 14.7 Å². The zero-order chi connectivity index (χ0) is 13.8. The molecule has 0 aromatic heterocycles. The number of aliphatic carboxylic acids is 1. The molecular weight excluding hydrogens is 244 g/mol. The number of carboxylic acid groups (broad SMARTS) is 1. The average molecular weight is 262 g/mol. The van der Waals surface area contributed by atoms with Gasteiger partial charge in [0.1, 0.15) is 6.54 Å². The summed E-state index contributed by atoms with van der Waals surface area (Å²) in [6, 6.07) is 7.11. The third-order valence-corrected chi connectivity index (χ3v) is 3.55. The molecule has 1 fully saturated rings. The van der Waals surface area contributed by atoms with Crippen LogP contribution in [0.4, 0.5) is 5.69 Å². The molecule has 1 aliphatic carbocycles. The Bertz CT molecular complexity index is 481. The summed E-state index contributed by atoms with van der Waals surface area (Å²) in [4.78, 5) is 24.3. The van der Waals surface area contributed by atoms with Gasteiger partial charge in [0, 0.05) is 6.04 Å². The van der Waals surface area contributed by atoms with Crippen LogP contribution < -0.4 is 10.6 Å². The maximum atomic E-state index is 11.5. The molecule has 0 radical (unpaired) electrons. The summed E-state index contributed by atoms with van der Waals surface area (Å²) in [5.41, 5.74) is 6.38. The Morgan fingerprint density at radius 2 is 1.89 bits per heavy atom. The van der Waals surface area contributed by atoms with Gasteiger partial charge in [-0.3, -0.25) is 9.59 Å². The minimum atomic E-state index is -0.897. The van der Waals surface area contributed by atoms with Crippen molar-refractivity contribution in [3.8, 4) is 0 Å². The minimum absolute atomic E-state index is 0.102. The summed E-state index contributed by atoms with van der Waals surface area (Å²) in [6.07, 6.45) is 4.11. The Hall–Kier alpha value is -2.04. The van der Waals surface area contributed by atoms with Crippen molar-refractivity contribution in [2.75, 3.05) is 11.4 Å². The summed E-state index contributed by atoms with van der Waals surface area (Å²) in [5, 5.41) is 9.08. The van der Waals surface area contributed by atoms with Crippen LogP contribution in [0.15, 0.2) is 24.3 Å². The van der Waals surface area contributed by atoms with Gasteiger partial charge >= 0.3 is 5.97 Å². The number of nitrogens with two attached hydrogens (primary N) is 1. The number of anilines is 1. The Morgan fingerprint density at radius 3 is 2.47 bits per heavy atom. The van der Waals surface area contributed by atoms with E-state index < -0.39 is 11.9 Å². The first-order chi connectivity index (χ1) is 9.09. The van der Waals surface area contributed by atoms with E-state index in [4.69, 9.17) is 10.8 Å². The van der Waals surface area contributed by atoms with Crippen LogP contribution >= 0.6 is 0 Å². The molecule has 2 rings (SSSR count). The summed E-state index contributed by atoms with van der Waals surface area (Å²) < 4.78 is 0. The number of carbonyl (C=O) groups excluding carboxylic acids is 1. The third-order valence-electron chi connectivity index (χ3n) is 3.55.